The predicted molar refractivity (Wildman–Crippen MR) is 65.6 cm³/mol. The summed E-state index contributed by atoms with van der Waals surface area (Å²) < 4.78 is 0. The first-order valence-corrected chi connectivity index (χ1v) is 5.29. The molecule has 0 aliphatic heterocycles. The Labute approximate surface area is 108 Å². The van der Waals surface area contributed by atoms with Crippen molar-refractivity contribution in [3.05, 3.63) is 39.4 Å². The maximum absolute atomic E-state index is 11.1. The van der Waals surface area contributed by atoms with Crippen LogP contribution < -0.4 is 5.73 Å². The van der Waals surface area contributed by atoms with Crippen LogP contribution in [-0.2, 0) is 11.3 Å². The number of nitrogens with zero attached hydrogens (tertiary/aromatic N) is 2. The molecule has 8 heteroatoms. The molecular weight excluding hydrogens is 254 g/mol. The molecule has 1 aromatic rings. The second-order valence-electron chi connectivity index (χ2n) is 4.01. The van der Waals surface area contributed by atoms with Crippen LogP contribution in [-0.4, -0.2) is 40.4 Å². The quantitative estimate of drug-likeness (QED) is 0.560. The van der Waals surface area contributed by atoms with E-state index in [4.69, 9.17) is 10.8 Å². The molecule has 0 aromatic heterocycles. The van der Waals surface area contributed by atoms with E-state index < -0.39 is 22.5 Å². The van der Waals surface area contributed by atoms with E-state index in [1.165, 1.54) is 17.0 Å². The van der Waals surface area contributed by atoms with Crippen molar-refractivity contribution in [1.29, 1.82) is 0 Å². The Kier molecular flexibility index (Phi) is 4.54. The second kappa shape index (κ2) is 5.91. The molecule has 0 unspecified atom stereocenters. The van der Waals surface area contributed by atoms with E-state index in [2.05, 4.69) is 0 Å². The molecule has 0 fully saturated rings. The summed E-state index contributed by atoms with van der Waals surface area (Å²) in [6, 6.07) is 3.99. The molecule has 0 radical (unpaired) electrons. The third kappa shape index (κ3) is 3.75. The van der Waals surface area contributed by atoms with Crippen LogP contribution in [0.2, 0.25) is 0 Å². The Morgan fingerprint density at radius 2 is 2.11 bits per heavy atom. The van der Waals surface area contributed by atoms with Gasteiger partial charge in [-0.05, 0) is 12.6 Å². The van der Waals surface area contributed by atoms with Gasteiger partial charge in [-0.3, -0.25) is 19.8 Å². The third-order valence-electron chi connectivity index (χ3n) is 2.41. The number of hydrogen-bond donors (Lipinski definition) is 2. The Bertz CT molecular complexity index is 529. The van der Waals surface area contributed by atoms with Crippen molar-refractivity contribution in [3.8, 4) is 0 Å². The van der Waals surface area contributed by atoms with Gasteiger partial charge in [0.15, 0.2) is 0 Å². The fourth-order valence-electron chi connectivity index (χ4n) is 1.73. The standard InChI is InChI=1S/C11H13N3O5/c1-13(6-9(12)15)5-7-3-2-4-8(14(18)19)10(7)11(16)17/h2-4H,5-6H2,1H3,(H2,12,15)(H,16,17). The molecule has 1 rings (SSSR count). The van der Waals surface area contributed by atoms with Gasteiger partial charge in [0.1, 0.15) is 5.56 Å². The number of carbonyl (C=O) groups is 2. The van der Waals surface area contributed by atoms with Crippen molar-refractivity contribution >= 4 is 17.6 Å². The highest BCUT2D eigenvalue weighted by atomic mass is 16.6. The average molecular weight is 267 g/mol. The molecular formula is C11H13N3O5. The summed E-state index contributed by atoms with van der Waals surface area (Å²) in [4.78, 5) is 33.4. The molecule has 0 saturated heterocycles. The number of hydrogen-bond acceptors (Lipinski definition) is 5. The molecule has 1 aromatic carbocycles. The van der Waals surface area contributed by atoms with Crippen molar-refractivity contribution in [3.63, 3.8) is 0 Å². The summed E-state index contributed by atoms with van der Waals surface area (Å²) in [5.41, 5.74) is 4.43. The second-order valence-corrected chi connectivity index (χ2v) is 4.01. The van der Waals surface area contributed by atoms with E-state index in [1.807, 2.05) is 0 Å². The number of primary amides is 1. The van der Waals surface area contributed by atoms with Crippen molar-refractivity contribution < 1.29 is 19.6 Å². The van der Waals surface area contributed by atoms with Crippen LogP contribution >= 0.6 is 0 Å². The summed E-state index contributed by atoms with van der Waals surface area (Å²) >= 11 is 0. The molecule has 1 amide bonds. The van der Waals surface area contributed by atoms with Gasteiger partial charge in [-0.2, -0.15) is 0 Å². The van der Waals surface area contributed by atoms with Crippen LogP contribution in [0.25, 0.3) is 0 Å². The fraction of sp³-hybridized carbons (Fsp3) is 0.273. The smallest absolute Gasteiger partial charge is 0.343 e. The first kappa shape index (κ1) is 14.6. The molecule has 0 atom stereocenters. The van der Waals surface area contributed by atoms with Crippen molar-refractivity contribution in [2.75, 3.05) is 13.6 Å². The number of likely N-dealkylation sites (N-methyl/N-ethyl adjacent to an activating group) is 1. The summed E-state index contributed by atoms with van der Waals surface area (Å²) in [5.74, 6) is -1.94. The van der Waals surface area contributed by atoms with Gasteiger partial charge in [0.25, 0.3) is 5.69 Å². The third-order valence-corrected chi connectivity index (χ3v) is 2.41. The lowest BCUT2D eigenvalue weighted by Crippen LogP contribution is -2.30. The SMILES string of the molecule is CN(CC(N)=O)Cc1cccc([N+](=O)[O-])c1C(=O)O. The van der Waals surface area contributed by atoms with Crippen LogP contribution in [0.15, 0.2) is 18.2 Å². The van der Waals surface area contributed by atoms with E-state index >= 15 is 0 Å². The topological polar surface area (TPSA) is 127 Å². The average Bonchev–Trinajstić information content (AvgIpc) is 2.26. The van der Waals surface area contributed by atoms with E-state index in [1.54, 1.807) is 7.05 Å². The molecule has 3 N–H and O–H groups in total. The predicted octanol–water partition coefficient (Wildman–Crippen LogP) is 0.210. The van der Waals surface area contributed by atoms with Gasteiger partial charge < -0.3 is 10.8 Å². The summed E-state index contributed by atoms with van der Waals surface area (Å²) in [7, 11) is 1.56. The fourth-order valence-corrected chi connectivity index (χ4v) is 1.73. The minimum absolute atomic E-state index is 0.0677. The van der Waals surface area contributed by atoms with Gasteiger partial charge in [-0.1, -0.05) is 12.1 Å². The molecule has 102 valence electrons. The highest BCUT2D eigenvalue weighted by Gasteiger charge is 2.23. The van der Waals surface area contributed by atoms with Crippen LogP contribution in [0.5, 0.6) is 0 Å². The maximum Gasteiger partial charge on any atom is 0.343 e. The first-order chi connectivity index (χ1) is 8.82. The monoisotopic (exact) mass is 267 g/mol. The first-order valence-electron chi connectivity index (χ1n) is 5.29. The number of amides is 1. The number of carboxylic acids is 1. The molecule has 0 aliphatic rings. The Balaban J connectivity index is 3.13. The van der Waals surface area contributed by atoms with E-state index in [9.17, 15) is 19.7 Å². The van der Waals surface area contributed by atoms with Crippen LogP contribution in [0.4, 0.5) is 5.69 Å². The summed E-state index contributed by atoms with van der Waals surface area (Å²) in [6.45, 7) is 0.00794. The number of rotatable bonds is 6. The maximum atomic E-state index is 11.1. The van der Waals surface area contributed by atoms with Crippen LogP contribution in [0, 0.1) is 10.1 Å². The summed E-state index contributed by atoms with van der Waals surface area (Å²) in [5, 5.41) is 19.9. The van der Waals surface area contributed by atoms with Crippen molar-refractivity contribution in [1.82, 2.24) is 4.90 Å². The number of nitrogens with two attached hydrogens (primary N) is 1. The number of aromatic carboxylic acids is 1. The minimum atomic E-state index is -1.38. The lowest BCUT2D eigenvalue weighted by molar-refractivity contribution is -0.385. The molecule has 0 bridgehead atoms. The van der Waals surface area contributed by atoms with Crippen LogP contribution in [0.3, 0.4) is 0 Å². The largest absolute Gasteiger partial charge is 0.477 e. The lowest BCUT2D eigenvalue weighted by Gasteiger charge is -2.15. The molecule has 8 nitrogen and oxygen atoms in total. The van der Waals surface area contributed by atoms with Gasteiger partial charge in [-0.25, -0.2) is 4.79 Å². The number of nitro groups is 1. The van der Waals surface area contributed by atoms with Gasteiger partial charge in [-0.15, -0.1) is 0 Å². The number of benzene rings is 1. The van der Waals surface area contributed by atoms with Gasteiger partial charge in [0, 0.05) is 12.6 Å². The molecule has 0 heterocycles. The molecule has 0 spiro atoms. The van der Waals surface area contributed by atoms with Gasteiger partial charge in [0.2, 0.25) is 5.91 Å². The lowest BCUT2D eigenvalue weighted by atomic mass is 10.0. The number of carboxylic acid groups (broad SMARTS) is 1. The molecule has 0 saturated carbocycles. The number of nitro benzene ring substituents is 1. The van der Waals surface area contributed by atoms with Crippen molar-refractivity contribution in [2.24, 2.45) is 5.73 Å². The summed E-state index contributed by atoms with van der Waals surface area (Å²) in [6.07, 6.45) is 0. The normalized spacial score (nSPS) is 10.4. The van der Waals surface area contributed by atoms with E-state index in [0.717, 1.165) is 6.07 Å². The molecule has 0 aliphatic carbocycles. The Hall–Kier alpha value is -2.48. The molecule has 19 heavy (non-hydrogen) atoms. The number of carbonyl (C=O) groups excluding carboxylic acids is 1. The van der Waals surface area contributed by atoms with Gasteiger partial charge in [0.05, 0.1) is 11.5 Å². The van der Waals surface area contributed by atoms with E-state index in [0.29, 0.717) is 0 Å². The highest BCUT2D eigenvalue weighted by molar-refractivity contribution is 5.94. The van der Waals surface area contributed by atoms with E-state index in [-0.39, 0.29) is 24.2 Å². The Morgan fingerprint density at radius 3 is 2.58 bits per heavy atom. The zero-order chi connectivity index (χ0) is 14.6. The van der Waals surface area contributed by atoms with Crippen LogP contribution in [0.1, 0.15) is 15.9 Å². The zero-order valence-corrected chi connectivity index (χ0v) is 10.2. The highest BCUT2D eigenvalue weighted by Crippen LogP contribution is 2.23. The zero-order valence-electron chi connectivity index (χ0n) is 10.2. The van der Waals surface area contributed by atoms with Gasteiger partial charge >= 0.3 is 5.97 Å². The van der Waals surface area contributed by atoms with Crippen molar-refractivity contribution in [2.45, 2.75) is 6.54 Å². The minimum Gasteiger partial charge on any atom is -0.477 e. The Morgan fingerprint density at radius 1 is 1.47 bits per heavy atom.